The van der Waals surface area contributed by atoms with Gasteiger partial charge < -0.3 is 5.32 Å². The number of nitro groups is 2. The van der Waals surface area contributed by atoms with Crippen molar-refractivity contribution in [2.75, 3.05) is 15.9 Å². The molecular formula is C18H20N4O7S. The molecule has 0 radical (unpaired) electrons. The number of rotatable bonds is 8. The average molecular weight is 436 g/mol. The van der Waals surface area contributed by atoms with Crippen LogP contribution in [-0.2, 0) is 14.8 Å². The summed E-state index contributed by atoms with van der Waals surface area (Å²) in [4.78, 5) is 33.7. The molecule has 1 atom stereocenters. The number of anilines is 2. The number of aryl methyl sites for hydroxylation is 1. The SMILES string of the molecule is CC[C@@H](C(=O)Nc1cccc([N+](=O)[O-])c1)N(c1cc([N+](=O)[O-])ccc1C)S(C)(=O)=O. The minimum absolute atomic E-state index is 0.00717. The van der Waals surface area contributed by atoms with Gasteiger partial charge in [0, 0.05) is 30.0 Å². The summed E-state index contributed by atoms with van der Waals surface area (Å²) in [5.74, 6) is -0.727. The largest absolute Gasteiger partial charge is 0.324 e. The third-order valence-corrected chi connectivity index (χ3v) is 5.46. The molecule has 0 aliphatic heterocycles. The van der Waals surface area contributed by atoms with Crippen molar-refractivity contribution in [3.8, 4) is 0 Å². The van der Waals surface area contributed by atoms with E-state index in [4.69, 9.17) is 0 Å². The second kappa shape index (κ2) is 8.86. The smallest absolute Gasteiger partial charge is 0.271 e. The van der Waals surface area contributed by atoms with Gasteiger partial charge >= 0.3 is 0 Å². The first-order chi connectivity index (χ1) is 14.0. The fourth-order valence-electron chi connectivity index (χ4n) is 2.91. The van der Waals surface area contributed by atoms with Crippen LogP contribution in [0.3, 0.4) is 0 Å². The normalized spacial score (nSPS) is 12.1. The Hall–Kier alpha value is -3.54. The van der Waals surface area contributed by atoms with Crippen LogP contribution < -0.4 is 9.62 Å². The molecule has 0 bridgehead atoms. The number of hydrogen-bond donors (Lipinski definition) is 1. The molecule has 0 spiro atoms. The van der Waals surface area contributed by atoms with Crippen LogP contribution in [0.1, 0.15) is 18.9 Å². The fourth-order valence-corrected chi connectivity index (χ4v) is 4.17. The van der Waals surface area contributed by atoms with Crippen LogP contribution in [-0.4, -0.2) is 36.5 Å². The molecule has 2 aromatic rings. The van der Waals surface area contributed by atoms with E-state index >= 15 is 0 Å². The lowest BCUT2D eigenvalue weighted by Gasteiger charge is -2.31. The lowest BCUT2D eigenvalue weighted by Crippen LogP contribution is -2.47. The van der Waals surface area contributed by atoms with Crippen LogP contribution >= 0.6 is 0 Å². The van der Waals surface area contributed by atoms with E-state index in [-0.39, 0.29) is 29.2 Å². The molecule has 11 nitrogen and oxygen atoms in total. The Kier molecular flexibility index (Phi) is 6.72. The maximum absolute atomic E-state index is 12.9. The molecule has 0 aromatic heterocycles. The first-order valence-electron chi connectivity index (χ1n) is 8.75. The lowest BCUT2D eigenvalue weighted by molar-refractivity contribution is -0.385. The van der Waals surface area contributed by atoms with Crippen molar-refractivity contribution in [2.24, 2.45) is 0 Å². The molecule has 0 aliphatic rings. The van der Waals surface area contributed by atoms with Crippen molar-refractivity contribution < 1.29 is 23.1 Å². The van der Waals surface area contributed by atoms with Crippen molar-refractivity contribution >= 4 is 38.7 Å². The molecule has 0 fully saturated rings. The molecule has 1 amide bonds. The number of carbonyl (C=O) groups excluding carboxylic acids is 1. The highest BCUT2D eigenvalue weighted by atomic mass is 32.2. The number of nitrogens with zero attached hydrogens (tertiary/aromatic N) is 3. The highest BCUT2D eigenvalue weighted by Crippen LogP contribution is 2.30. The number of sulfonamides is 1. The predicted molar refractivity (Wildman–Crippen MR) is 111 cm³/mol. The number of nitro benzene ring substituents is 2. The summed E-state index contributed by atoms with van der Waals surface area (Å²) in [6.45, 7) is 3.16. The Labute approximate surface area is 172 Å². The number of carbonyl (C=O) groups is 1. The van der Waals surface area contributed by atoms with Crippen LogP contribution in [0.25, 0.3) is 0 Å². The van der Waals surface area contributed by atoms with E-state index in [1.54, 1.807) is 13.8 Å². The summed E-state index contributed by atoms with van der Waals surface area (Å²) < 4.78 is 25.9. The van der Waals surface area contributed by atoms with Crippen molar-refractivity contribution in [2.45, 2.75) is 26.3 Å². The number of hydrogen-bond acceptors (Lipinski definition) is 7. The average Bonchev–Trinajstić information content (AvgIpc) is 2.65. The summed E-state index contributed by atoms with van der Waals surface area (Å²) in [6.07, 6.45) is 0.949. The van der Waals surface area contributed by atoms with Crippen LogP contribution in [0.2, 0.25) is 0 Å². The molecule has 0 saturated heterocycles. The first kappa shape index (κ1) is 22.7. The van der Waals surface area contributed by atoms with E-state index in [0.717, 1.165) is 22.7 Å². The molecule has 160 valence electrons. The van der Waals surface area contributed by atoms with Gasteiger partial charge in [-0.3, -0.25) is 29.3 Å². The Bertz CT molecular complexity index is 1100. The van der Waals surface area contributed by atoms with Crippen LogP contribution in [0.4, 0.5) is 22.7 Å². The molecule has 0 heterocycles. The van der Waals surface area contributed by atoms with Gasteiger partial charge in [-0.1, -0.05) is 19.1 Å². The van der Waals surface area contributed by atoms with Gasteiger partial charge in [0.15, 0.2) is 0 Å². The minimum Gasteiger partial charge on any atom is -0.324 e. The minimum atomic E-state index is -4.01. The molecule has 12 heteroatoms. The van der Waals surface area contributed by atoms with E-state index < -0.39 is 31.8 Å². The van der Waals surface area contributed by atoms with Crippen molar-refractivity contribution in [3.63, 3.8) is 0 Å². The summed E-state index contributed by atoms with van der Waals surface area (Å²) in [5, 5.41) is 24.6. The number of benzene rings is 2. The quantitative estimate of drug-likeness (QED) is 0.493. The maximum atomic E-state index is 12.9. The van der Waals surface area contributed by atoms with Gasteiger partial charge in [0.05, 0.1) is 21.8 Å². The lowest BCUT2D eigenvalue weighted by atomic mass is 10.1. The third-order valence-electron chi connectivity index (χ3n) is 4.30. The zero-order valence-electron chi connectivity index (χ0n) is 16.4. The Morgan fingerprint density at radius 1 is 1.10 bits per heavy atom. The van der Waals surface area contributed by atoms with Crippen LogP contribution in [0.15, 0.2) is 42.5 Å². The van der Waals surface area contributed by atoms with Crippen LogP contribution in [0, 0.1) is 27.2 Å². The van der Waals surface area contributed by atoms with Gasteiger partial charge in [-0.05, 0) is 25.0 Å². The van der Waals surface area contributed by atoms with Crippen molar-refractivity contribution in [3.05, 3.63) is 68.3 Å². The monoisotopic (exact) mass is 436 g/mol. The Morgan fingerprint density at radius 3 is 2.23 bits per heavy atom. The van der Waals surface area contributed by atoms with Gasteiger partial charge in [0.2, 0.25) is 15.9 Å². The van der Waals surface area contributed by atoms with Gasteiger partial charge in [0.25, 0.3) is 11.4 Å². The molecule has 2 rings (SSSR count). The number of amides is 1. The molecular weight excluding hydrogens is 416 g/mol. The predicted octanol–water partition coefficient (Wildman–Crippen LogP) is 2.99. The van der Waals surface area contributed by atoms with E-state index in [9.17, 15) is 33.4 Å². The highest BCUT2D eigenvalue weighted by molar-refractivity contribution is 7.92. The van der Waals surface area contributed by atoms with Gasteiger partial charge in [-0.15, -0.1) is 0 Å². The van der Waals surface area contributed by atoms with Gasteiger partial charge in [0.1, 0.15) is 6.04 Å². The highest BCUT2D eigenvalue weighted by Gasteiger charge is 2.33. The zero-order chi connectivity index (χ0) is 22.6. The molecule has 1 N–H and O–H groups in total. The molecule has 30 heavy (non-hydrogen) atoms. The maximum Gasteiger partial charge on any atom is 0.271 e. The van der Waals surface area contributed by atoms with Gasteiger partial charge in [-0.25, -0.2) is 8.42 Å². The van der Waals surface area contributed by atoms with Gasteiger partial charge in [-0.2, -0.15) is 0 Å². The number of nitrogens with one attached hydrogen (secondary N) is 1. The van der Waals surface area contributed by atoms with Crippen molar-refractivity contribution in [1.29, 1.82) is 0 Å². The Balaban J connectivity index is 2.49. The zero-order valence-corrected chi connectivity index (χ0v) is 17.3. The van der Waals surface area contributed by atoms with E-state index in [1.807, 2.05) is 0 Å². The van der Waals surface area contributed by atoms with Crippen molar-refractivity contribution in [1.82, 2.24) is 0 Å². The first-order valence-corrected chi connectivity index (χ1v) is 10.6. The standard InChI is InChI=1S/C18H20N4O7S/c1-4-16(18(23)19-13-6-5-7-14(10-13)21(24)25)20(30(3,28)29)17-11-15(22(26)27)9-8-12(17)2/h5-11,16H,4H2,1-3H3,(H,19,23)/t16-/m0/s1. The van der Waals surface area contributed by atoms with E-state index in [0.29, 0.717) is 5.56 Å². The second-order valence-corrected chi connectivity index (χ2v) is 8.37. The summed E-state index contributed by atoms with van der Waals surface area (Å²) in [7, 11) is -4.01. The molecule has 2 aromatic carbocycles. The number of non-ortho nitro benzene ring substituents is 2. The Morgan fingerprint density at radius 2 is 1.70 bits per heavy atom. The fraction of sp³-hybridized carbons (Fsp3) is 0.278. The molecule has 0 aliphatic carbocycles. The van der Waals surface area contributed by atoms with E-state index in [2.05, 4.69) is 5.32 Å². The van der Waals surface area contributed by atoms with E-state index in [1.165, 1.54) is 30.3 Å². The topological polar surface area (TPSA) is 153 Å². The van der Waals surface area contributed by atoms with Crippen LogP contribution in [0.5, 0.6) is 0 Å². The third kappa shape index (κ3) is 5.08. The summed E-state index contributed by atoms with van der Waals surface area (Å²) in [6, 6.07) is 7.71. The molecule has 0 unspecified atom stereocenters. The summed E-state index contributed by atoms with van der Waals surface area (Å²) >= 11 is 0. The summed E-state index contributed by atoms with van der Waals surface area (Å²) in [5.41, 5.74) is -0.00854. The molecule has 0 saturated carbocycles. The second-order valence-electron chi connectivity index (χ2n) is 6.51.